The summed E-state index contributed by atoms with van der Waals surface area (Å²) in [6.07, 6.45) is 5.35. The van der Waals surface area contributed by atoms with Gasteiger partial charge in [-0.15, -0.1) is 0 Å². The first-order chi connectivity index (χ1) is 20.3. The summed E-state index contributed by atoms with van der Waals surface area (Å²) in [4.78, 5) is 33.5. The fourth-order valence-electron chi connectivity index (χ4n) is 5.95. The number of fused-ring (bicyclic) bond motifs is 1. The number of halogens is 2. The minimum Gasteiger partial charge on any atom is -0.477 e. The van der Waals surface area contributed by atoms with Gasteiger partial charge >= 0.3 is 5.97 Å². The lowest BCUT2D eigenvalue weighted by atomic mass is 10.1. The zero-order valence-electron chi connectivity index (χ0n) is 22.8. The number of carboxylic acids is 1. The zero-order valence-corrected chi connectivity index (χ0v) is 23.6. The Bertz CT molecular complexity index is 1670. The van der Waals surface area contributed by atoms with Crippen molar-refractivity contribution in [3.63, 3.8) is 0 Å². The van der Waals surface area contributed by atoms with Crippen molar-refractivity contribution in [3.8, 4) is 5.69 Å². The smallest absolute Gasteiger partial charge is 0.341 e. The van der Waals surface area contributed by atoms with Crippen LogP contribution in [0.5, 0.6) is 0 Å². The molecule has 42 heavy (non-hydrogen) atoms. The second kappa shape index (κ2) is 11.7. The third kappa shape index (κ3) is 5.33. The van der Waals surface area contributed by atoms with Crippen LogP contribution < -0.4 is 20.5 Å². The number of carboxylic acid groups (broad SMARTS) is 1. The van der Waals surface area contributed by atoms with Crippen molar-refractivity contribution in [3.05, 3.63) is 93.1 Å². The number of aromatic nitrogens is 2. The number of aliphatic hydroxyl groups excluding tert-OH is 1. The molecule has 2 aromatic carbocycles. The number of hydrogen-bond acceptors (Lipinski definition) is 7. The van der Waals surface area contributed by atoms with Crippen LogP contribution in [-0.2, 0) is 6.54 Å². The van der Waals surface area contributed by atoms with Crippen molar-refractivity contribution in [1.82, 2.24) is 14.9 Å². The Balaban J connectivity index is 1.36. The maximum atomic E-state index is 15.7. The third-order valence-electron chi connectivity index (χ3n) is 8.22. The number of piperazine rings is 1. The lowest BCUT2D eigenvalue weighted by Crippen LogP contribution is -2.47. The van der Waals surface area contributed by atoms with Gasteiger partial charge < -0.3 is 29.9 Å². The Kier molecular flexibility index (Phi) is 7.85. The summed E-state index contributed by atoms with van der Waals surface area (Å²) in [6.45, 7) is 2.72. The second-order valence-corrected chi connectivity index (χ2v) is 11.2. The van der Waals surface area contributed by atoms with Crippen molar-refractivity contribution >= 4 is 40.0 Å². The predicted molar refractivity (Wildman–Crippen MR) is 161 cm³/mol. The van der Waals surface area contributed by atoms with Gasteiger partial charge in [0.1, 0.15) is 17.2 Å². The van der Waals surface area contributed by atoms with Gasteiger partial charge in [-0.05, 0) is 55.2 Å². The van der Waals surface area contributed by atoms with E-state index >= 15 is 4.39 Å². The van der Waals surface area contributed by atoms with E-state index in [4.69, 9.17) is 11.6 Å². The highest BCUT2D eigenvalue weighted by Crippen LogP contribution is 2.37. The standard InChI is InChI=1S/C31H31ClFN5O4/c32-27-28-21(16-23(33)29(27)37-14-12-36(13-15-37)26-6-1-2-11-34-26)30(40)22(31(41)42)18-38(28)20-9-7-19(8-10-20)17-35-24-4-3-5-25(24)39/h1-2,6-11,16,18,24-25,35,39H,3-5,12-15,17H2,(H,41,42). The molecule has 3 N–H and O–H groups in total. The molecule has 218 valence electrons. The number of pyridine rings is 2. The Hall–Kier alpha value is -3.99. The van der Waals surface area contributed by atoms with Crippen molar-refractivity contribution in [2.45, 2.75) is 38.0 Å². The number of benzene rings is 2. The number of rotatable bonds is 7. The summed E-state index contributed by atoms with van der Waals surface area (Å²) in [5, 5.41) is 23.2. The predicted octanol–water partition coefficient (Wildman–Crippen LogP) is 4.21. The molecule has 2 aliphatic rings. The average molecular weight is 592 g/mol. The van der Waals surface area contributed by atoms with Gasteiger partial charge in [-0.2, -0.15) is 0 Å². The fourth-order valence-corrected chi connectivity index (χ4v) is 6.36. The van der Waals surface area contributed by atoms with Crippen LogP contribution in [0.2, 0.25) is 5.02 Å². The van der Waals surface area contributed by atoms with Crippen LogP contribution in [0.4, 0.5) is 15.9 Å². The van der Waals surface area contributed by atoms with Gasteiger partial charge in [0.05, 0.1) is 27.7 Å². The molecule has 2 unspecified atom stereocenters. The van der Waals surface area contributed by atoms with Crippen molar-refractivity contribution in [1.29, 1.82) is 0 Å². The van der Waals surface area contributed by atoms with E-state index in [0.717, 1.165) is 36.7 Å². The molecule has 1 aliphatic carbocycles. The Morgan fingerprint density at radius 1 is 1.07 bits per heavy atom. The summed E-state index contributed by atoms with van der Waals surface area (Å²) in [5.41, 5.74) is 0.705. The summed E-state index contributed by atoms with van der Waals surface area (Å²) >= 11 is 6.91. The van der Waals surface area contributed by atoms with E-state index in [1.54, 1.807) is 10.8 Å². The first kappa shape index (κ1) is 28.1. The molecule has 2 atom stereocenters. The normalized spacial score (nSPS) is 19.0. The van der Waals surface area contributed by atoms with E-state index in [9.17, 15) is 19.8 Å². The topological polar surface area (TPSA) is 111 Å². The molecule has 1 saturated carbocycles. The maximum absolute atomic E-state index is 15.7. The summed E-state index contributed by atoms with van der Waals surface area (Å²) in [7, 11) is 0. The molecule has 0 amide bonds. The number of nitrogens with one attached hydrogen (secondary N) is 1. The molecule has 0 bridgehead atoms. The number of aromatic carboxylic acids is 1. The fraction of sp³-hybridized carbons (Fsp3) is 0.323. The van der Waals surface area contributed by atoms with E-state index in [-0.39, 0.29) is 33.8 Å². The minimum atomic E-state index is -1.40. The molecule has 2 aromatic heterocycles. The van der Waals surface area contributed by atoms with E-state index in [1.807, 2.05) is 47.4 Å². The Labute approximate surface area is 246 Å². The molecule has 2 fully saturated rings. The van der Waals surface area contributed by atoms with E-state index in [1.165, 1.54) is 6.20 Å². The zero-order chi connectivity index (χ0) is 29.4. The molecule has 1 saturated heterocycles. The van der Waals surface area contributed by atoms with Crippen molar-refractivity contribution < 1.29 is 19.4 Å². The van der Waals surface area contributed by atoms with Crippen LogP contribution in [0.15, 0.2) is 65.7 Å². The third-order valence-corrected chi connectivity index (χ3v) is 8.58. The molecule has 0 spiro atoms. The van der Waals surface area contributed by atoms with Gasteiger partial charge in [-0.3, -0.25) is 4.79 Å². The van der Waals surface area contributed by atoms with E-state index in [2.05, 4.69) is 15.2 Å². The maximum Gasteiger partial charge on any atom is 0.341 e. The second-order valence-electron chi connectivity index (χ2n) is 10.8. The van der Waals surface area contributed by atoms with Crippen LogP contribution in [-0.4, -0.2) is 64.1 Å². The van der Waals surface area contributed by atoms with E-state index in [0.29, 0.717) is 38.4 Å². The quantitative estimate of drug-likeness (QED) is 0.293. The molecular formula is C31H31ClFN5O4. The van der Waals surface area contributed by atoms with E-state index < -0.39 is 22.8 Å². The number of nitrogens with zero attached hydrogens (tertiary/aromatic N) is 4. The Morgan fingerprint density at radius 3 is 2.45 bits per heavy atom. The van der Waals surface area contributed by atoms with Gasteiger partial charge in [0.2, 0.25) is 5.43 Å². The van der Waals surface area contributed by atoms with Crippen LogP contribution in [0.3, 0.4) is 0 Å². The molecule has 1 aliphatic heterocycles. The molecule has 9 nitrogen and oxygen atoms in total. The summed E-state index contributed by atoms with van der Waals surface area (Å²) < 4.78 is 17.2. The molecule has 3 heterocycles. The molecular weight excluding hydrogens is 561 g/mol. The lowest BCUT2D eigenvalue weighted by Gasteiger charge is -2.37. The Morgan fingerprint density at radius 2 is 1.81 bits per heavy atom. The van der Waals surface area contributed by atoms with Crippen molar-refractivity contribution in [2.75, 3.05) is 36.0 Å². The van der Waals surface area contributed by atoms with Crippen LogP contribution >= 0.6 is 11.6 Å². The number of carbonyl (C=O) groups is 1. The largest absolute Gasteiger partial charge is 0.477 e. The highest BCUT2D eigenvalue weighted by molar-refractivity contribution is 6.38. The van der Waals surface area contributed by atoms with Crippen LogP contribution in [0.25, 0.3) is 16.6 Å². The molecule has 4 aromatic rings. The van der Waals surface area contributed by atoms with Crippen LogP contribution in [0, 0.1) is 5.82 Å². The average Bonchev–Trinajstić information content (AvgIpc) is 3.42. The van der Waals surface area contributed by atoms with Gasteiger partial charge in [-0.1, -0.05) is 29.8 Å². The highest BCUT2D eigenvalue weighted by Gasteiger charge is 2.27. The first-order valence-electron chi connectivity index (χ1n) is 14.0. The number of anilines is 2. The first-order valence-corrected chi connectivity index (χ1v) is 14.4. The number of hydrogen-bond donors (Lipinski definition) is 3. The molecule has 0 radical (unpaired) electrons. The summed E-state index contributed by atoms with van der Waals surface area (Å²) in [6, 6.07) is 14.3. The lowest BCUT2D eigenvalue weighted by molar-refractivity contribution is 0.0695. The minimum absolute atomic E-state index is 0.0475. The van der Waals surface area contributed by atoms with Gasteiger partial charge in [0.15, 0.2) is 0 Å². The molecule has 11 heteroatoms. The van der Waals surface area contributed by atoms with Crippen molar-refractivity contribution in [2.24, 2.45) is 0 Å². The SMILES string of the molecule is O=C(O)c1cn(-c2ccc(CNC3CCCC3O)cc2)c2c(Cl)c(N3CCN(c4ccccn4)CC3)c(F)cc2c1=O. The van der Waals surface area contributed by atoms with Gasteiger partial charge in [0.25, 0.3) is 0 Å². The van der Waals surface area contributed by atoms with Gasteiger partial charge in [-0.25, -0.2) is 14.2 Å². The van der Waals surface area contributed by atoms with Gasteiger partial charge in [0, 0.05) is 56.8 Å². The molecule has 6 rings (SSSR count). The number of aliphatic hydroxyl groups is 1. The highest BCUT2D eigenvalue weighted by atomic mass is 35.5. The summed E-state index contributed by atoms with van der Waals surface area (Å²) in [5.74, 6) is -1.24. The monoisotopic (exact) mass is 591 g/mol. The van der Waals surface area contributed by atoms with Crippen LogP contribution in [0.1, 0.15) is 35.2 Å².